The van der Waals surface area contributed by atoms with Crippen molar-refractivity contribution in [1.29, 1.82) is 0 Å². The van der Waals surface area contributed by atoms with Crippen molar-refractivity contribution in [3.8, 4) is 0 Å². The molecule has 7 heteroatoms. The Morgan fingerprint density at radius 2 is 2.00 bits per heavy atom. The molecule has 6 nitrogen and oxygen atoms in total. The molecule has 2 rings (SSSR count). The predicted octanol–water partition coefficient (Wildman–Crippen LogP) is 4.93. The van der Waals surface area contributed by atoms with Crippen molar-refractivity contribution in [2.45, 2.75) is 66.3 Å². The second-order valence-electron chi connectivity index (χ2n) is 7.71. The number of amides is 1. The van der Waals surface area contributed by atoms with E-state index in [0.29, 0.717) is 29.5 Å². The first-order valence-corrected chi connectivity index (χ1v) is 11.6. The van der Waals surface area contributed by atoms with Crippen LogP contribution in [0.2, 0.25) is 0 Å². The van der Waals surface area contributed by atoms with Crippen LogP contribution in [-0.4, -0.2) is 35.0 Å². The number of esters is 1. The van der Waals surface area contributed by atoms with E-state index in [4.69, 9.17) is 17.0 Å². The van der Waals surface area contributed by atoms with Crippen molar-refractivity contribution in [3.05, 3.63) is 41.1 Å². The second kappa shape index (κ2) is 11.8. The maximum Gasteiger partial charge on any atom is 0.338 e. The normalized spacial score (nSPS) is 17.3. The summed E-state index contributed by atoms with van der Waals surface area (Å²) < 4.78 is 5.33. The Labute approximate surface area is 191 Å². The van der Waals surface area contributed by atoms with Crippen LogP contribution in [0, 0.1) is 5.92 Å². The minimum Gasteiger partial charge on any atom is -0.463 e. The monoisotopic (exact) mass is 445 g/mol. The molecule has 0 radical (unpaired) electrons. The standard InChI is InChI=1S/C24H35N3O3S/c1-6-10-12-17(7-2)22(28)25-19-14-11-13-18(15-19)21-20(23(29)30-9-4)16(5)27(8-3)24(31)26-21/h11,13-15,17,21H,6-10,12H2,1-5H3,(H,25,28)(H,26,31). The molecule has 0 saturated heterocycles. The smallest absolute Gasteiger partial charge is 0.338 e. The van der Waals surface area contributed by atoms with Gasteiger partial charge in [-0.3, -0.25) is 4.79 Å². The molecule has 0 spiro atoms. The maximum atomic E-state index is 12.8. The first-order chi connectivity index (χ1) is 14.9. The molecule has 1 aromatic carbocycles. The molecule has 1 aliphatic heterocycles. The van der Waals surface area contributed by atoms with E-state index in [-0.39, 0.29) is 17.8 Å². The van der Waals surface area contributed by atoms with E-state index in [1.54, 1.807) is 6.92 Å². The summed E-state index contributed by atoms with van der Waals surface area (Å²) in [6.45, 7) is 10.8. The molecular weight excluding hydrogens is 410 g/mol. The Morgan fingerprint density at radius 1 is 1.26 bits per heavy atom. The van der Waals surface area contributed by atoms with Gasteiger partial charge in [0.1, 0.15) is 0 Å². The van der Waals surface area contributed by atoms with Gasteiger partial charge in [-0.15, -0.1) is 0 Å². The number of unbranched alkanes of at least 4 members (excludes halogenated alkanes) is 1. The highest BCUT2D eigenvalue weighted by Gasteiger charge is 2.34. The lowest BCUT2D eigenvalue weighted by atomic mass is 9.94. The van der Waals surface area contributed by atoms with E-state index in [2.05, 4.69) is 17.6 Å². The third-order valence-corrected chi connectivity index (χ3v) is 6.00. The third kappa shape index (κ3) is 6.06. The zero-order valence-electron chi connectivity index (χ0n) is 19.3. The van der Waals surface area contributed by atoms with Crippen molar-refractivity contribution < 1.29 is 14.3 Å². The van der Waals surface area contributed by atoms with Crippen LogP contribution in [0.15, 0.2) is 35.5 Å². The van der Waals surface area contributed by atoms with Crippen LogP contribution in [-0.2, 0) is 14.3 Å². The van der Waals surface area contributed by atoms with E-state index in [0.717, 1.165) is 36.9 Å². The molecule has 0 aromatic heterocycles. The van der Waals surface area contributed by atoms with E-state index in [1.165, 1.54) is 0 Å². The van der Waals surface area contributed by atoms with Crippen molar-refractivity contribution in [2.75, 3.05) is 18.5 Å². The van der Waals surface area contributed by atoms with Crippen LogP contribution in [0.25, 0.3) is 0 Å². The lowest BCUT2D eigenvalue weighted by molar-refractivity contribution is -0.139. The fraction of sp³-hybridized carbons (Fsp3) is 0.542. The first kappa shape index (κ1) is 24.9. The average Bonchev–Trinajstić information content (AvgIpc) is 2.74. The maximum absolute atomic E-state index is 12.8. The van der Waals surface area contributed by atoms with Crippen molar-refractivity contribution in [3.63, 3.8) is 0 Å². The summed E-state index contributed by atoms with van der Waals surface area (Å²) in [5, 5.41) is 6.90. The number of anilines is 1. The molecule has 0 bridgehead atoms. The Morgan fingerprint density at radius 3 is 2.61 bits per heavy atom. The SMILES string of the molecule is CCCCC(CC)C(=O)Nc1cccc(C2NC(=S)N(CC)C(C)=C2C(=O)OCC)c1. The number of allylic oxidation sites excluding steroid dienone is 1. The number of hydrogen-bond acceptors (Lipinski definition) is 4. The summed E-state index contributed by atoms with van der Waals surface area (Å²) in [4.78, 5) is 27.4. The largest absolute Gasteiger partial charge is 0.463 e. The number of ether oxygens (including phenoxy) is 1. The van der Waals surface area contributed by atoms with Crippen LogP contribution < -0.4 is 10.6 Å². The van der Waals surface area contributed by atoms with Crippen LogP contribution >= 0.6 is 12.2 Å². The summed E-state index contributed by atoms with van der Waals surface area (Å²) in [6, 6.07) is 7.14. The molecule has 1 amide bonds. The van der Waals surface area contributed by atoms with Crippen molar-refractivity contribution in [1.82, 2.24) is 10.2 Å². The van der Waals surface area contributed by atoms with E-state index < -0.39 is 6.04 Å². The molecule has 1 aliphatic rings. The topological polar surface area (TPSA) is 70.7 Å². The summed E-state index contributed by atoms with van der Waals surface area (Å²) in [6.07, 6.45) is 3.81. The van der Waals surface area contributed by atoms with Gasteiger partial charge in [0.25, 0.3) is 0 Å². The number of hydrogen-bond donors (Lipinski definition) is 2. The molecule has 2 N–H and O–H groups in total. The molecule has 1 aromatic rings. The Balaban J connectivity index is 2.34. The molecule has 0 saturated carbocycles. The van der Waals surface area contributed by atoms with Crippen LogP contribution in [0.3, 0.4) is 0 Å². The number of thiocarbonyl (C=S) groups is 1. The highest BCUT2D eigenvalue weighted by atomic mass is 32.1. The molecule has 1 heterocycles. The van der Waals surface area contributed by atoms with E-state index in [1.807, 2.05) is 49.9 Å². The molecule has 2 unspecified atom stereocenters. The van der Waals surface area contributed by atoms with Gasteiger partial charge < -0.3 is 20.3 Å². The van der Waals surface area contributed by atoms with Gasteiger partial charge in [-0.2, -0.15) is 0 Å². The summed E-state index contributed by atoms with van der Waals surface area (Å²) in [7, 11) is 0. The number of benzene rings is 1. The fourth-order valence-corrected chi connectivity index (χ4v) is 4.28. The van der Waals surface area contributed by atoms with E-state index in [9.17, 15) is 9.59 Å². The van der Waals surface area contributed by atoms with Crippen molar-refractivity contribution in [2.24, 2.45) is 5.92 Å². The van der Waals surface area contributed by atoms with Gasteiger partial charge in [-0.05, 0) is 63.5 Å². The first-order valence-electron chi connectivity index (χ1n) is 11.2. The van der Waals surface area contributed by atoms with Crippen LogP contribution in [0.4, 0.5) is 5.69 Å². The van der Waals surface area contributed by atoms with Gasteiger partial charge in [-0.1, -0.05) is 38.8 Å². The molecule has 0 aliphatic carbocycles. The second-order valence-corrected chi connectivity index (χ2v) is 8.10. The van der Waals surface area contributed by atoms with Gasteiger partial charge in [0.15, 0.2) is 5.11 Å². The molecule has 2 atom stereocenters. The van der Waals surface area contributed by atoms with Crippen molar-refractivity contribution >= 4 is 34.9 Å². The van der Waals surface area contributed by atoms with Gasteiger partial charge in [-0.25, -0.2) is 4.79 Å². The zero-order chi connectivity index (χ0) is 23.0. The molecular formula is C24H35N3O3S. The van der Waals surface area contributed by atoms with Gasteiger partial charge in [0, 0.05) is 23.8 Å². The Bertz CT molecular complexity index is 837. The number of rotatable bonds is 10. The minimum atomic E-state index is -0.437. The summed E-state index contributed by atoms with van der Waals surface area (Å²) in [5.41, 5.74) is 2.88. The third-order valence-electron chi connectivity index (χ3n) is 5.67. The molecule has 170 valence electrons. The van der Waals surface area contributed by atoms with Gasteiger partial charge in [0.05, 0.1) is 18.2 Å². The van der Waals surface area contributed by atoms with Crippen LogP contribution in [0.5, 0.6) is 0 Å². The number of nitrogens with one attached hydrogen (secondary N) is 2. The zero-order valence-corrected chi connectivity index (χ0v) is 20.1. The highest BCUT2D eigenvalue weighted by molar-refractivity contribution is 7.80. The number of carbonyl (C=O) groups excluding carboxylic acids is 2. The summed E-state index contributed by atoms with van der Waals surface area (Å²) >= 11 is 5.54. The van der Waals surface area contributed by atoms with E-state index >= 15 is 0 Å². The molecule has 0 fully saturated rings. The fourth-order valence-electron chi connectivity index (χ4n) is 3.90. The minimum absolute atomic E-state index is 0.000616. The van der Waals surface area contributed by atoms with Crippen LogP contribution in [0.1, 0.15) is 71.9 Å². The Kier molecular flexibility index (Phi) is 9.49. The van der Waals surface area contributed by atoms with Gasteiger partial charge in [0.2, 0.25) is 5.91 Å². The average molecular weight is 446 g/mol. The number of nitrogens with zero attached hydrogens (tertiary/aromatic N) is 1. The quantitative estimate of drug-likeness (QED) is 0.393. The lowest BCUT2D eigenvalue weighted by Crippen LogP contribution is -2.47. The number of carbonyl (C=O) groups is 2. The van der Waals surface area contributed by atoms with Gasteiger partial charge >= 0.3 is 5.97 Å². The Hall–Kier alpha value is -2.41. The molecule has 31 heavy (non-hydrogen) atoms. The highest BCUT2D eigenvalue weighted by Crippen LogP contribution is 2.32. The lowest BCUT2D eigenvalue weighted by Gasteiger charge is -2.37. The predicted molar refractivity (Wildman–Crippen MR) is 129 cm³/mol. The summed E-state index contributed by atoms with van der Waals surface area (Å²) in [5.74, 6) is -0.326.